The molecule has 1 fully saturated rings. The van der Waals surface area contributed by atoms with Crippen molar-refractivity contribution in [1.82, 2.24) is 15.3 Å². The highest BCUT2D eigenvalue weighted by atomic mass is 16.5. The average molecular weight is 235 g/mol. The number of nitrogens with one attached hydrogen (secondary N) is 1. The number of hydrogen-bond donors (Lipinski definition) is 1. The summed E-state index contributed by atoms with van der Waals surface area (Å²) in [5.74, 6) is 1.48. The number of aromatic nitrogens is 2. The molecule has 1 aliphatic rings. The topological polar surface area (TPSA) is 47.0 Å². The van der Waals surface area contributed by atoms with Crippen LogP contribution in [0.3, 0.4) is 0 Å². The Labute approximate surface area is 103 Å². The van der Waals surface area contributed by atoms with E-state index in [-0.39, 0.29) is 6.10 Å². The van der Waals surface area contributed by atoms with E-state index in [4.69, 9.17) is 4.74 Å². The van der Waals surface area contributed by atoms with E-state index in [1.54, 1.807) is 0 Å². The molecule has 4 nitrogen and oxygen atoms in total. The number of hydrogen-bond acceptors (Lipinski definition) is 4. The van der Waals surface area contributed by atoms with E-state index >= 15 is 0 Å². The normalized spacial score (nSPS) is 17.1. The van der Waals surface area contributed by atoms with Crippen molar-refractivity contribution in [3.05, 3.63) is 23.3 Å². The Kier molecular flexibility index (Phi) is 4.07. The number of nitrogens with zero attached hydrogens (tertiary/aromatic N) is 2. The van der Waals surface area contributed by atoms with Crippen LogP contribution >= 0.6 is 0 Å². The molecule has 0 bridgehead atoms. The lowest BCUT2D eigenvalue weighted by atomic mass is 10.2. The third-order valence-corrected chi connectivity index (χ3v) is 3.09. The Balaban J connectivity index is 2.20. The van der Waals surface area contributed by atoms with Gasteiger partial charge in [-0.1, -0.05) is 0 Å². The maximum atomic E-state index is 5.78. The van der Waals surface area contributed by atoms with Gasteiger partial charge in [-0.3, -0.25) is 0 Å². The molecular formula is C13H21N3O. The molecular weight excluding hydrogens is 214 g/mol. The van der Waals surface area contributed by atoms with E-state index < -0.39 is 0 Å². The van der Waals surface area contributed by atoms with Gasteiger partial charge in [0.15, 0.2) is 5.82 Å². The molecule has 1 aromatic heterocycles. The molecule has 1 aromatic rings. The molecule has 1 heterocycles. The molecule has 1 N–H and O–H groups in total. The Morgan fingerprint density at radius 3 is 2.88 bits per heavy atom. The predicted octanol–water partition coefficient (Wildman–Crippen LogP) is 1.99. The van der Waals surface area contributed by atoms with Gasteiger partial charge in [0.1, 0.15) is 6.10 Å². The minimum atomic E-state index is 0.0937. The maximum absolute atomic E-state index is 5.78. The van der Waals surface area contributed by atoms with Crippen LogP contribution in [0.2, 0.25) is 0 Å². The fraction of sp³-hybridized carbons (Fsp3) is 0.692. The second-order valence-corrected chi connectivity index (χ2v) is 4.60. The van der Waals surface area contributed by atoms with Crippen LogP contribution in [0.4, 0.5) is 0 Å². The molecule has 2 rings (SSSR count). The van der Waals surface area contributed by atoms with Crippen LogP contribution in [0.1, 0.15) is 43.0 Å². The SMILES string of the molecule is CCOC(c1ncc(C)c(CNC)n1)C1CC1. The molecule has 0 saturated heterocycles. The van der Waals surface area contributed by atoms with Gasteiger partial charge in [0, 0.05) is 19.3 Å². The van der Waals surface area contributed by atoms with Crippen molar-refractivity contribution in [1.29, 1.82) is 0 Å². The van der Waals surface area contributed by atoms with Crippen LogP contribution in [0.25, 0.3) is 0 Å². The summed E-state index contributed by atoms with van der Waals surface area (Å²) in [5, 5.41) is 3.14. The van der Waals surface area contributed by atoms with E-state index in [0.29, 0.717) is 5.92 Å². The molecule has 17 heavy (non-hydrogen) atoms. The third-order valence-electron chi connectivity index (χ3n) is 3.09. The van der Waals surface area contributed by atoms with Crippen molar-refractivity contribution < 1.29 is 4.74 Å². The summed E-state index contributed by atoms with van der Waals surface area (Å²) in [5.41, 5.74) is 2.21. The fourth-order valence-electron chi connectivity index (χ4n) is 1.98. The summed E-state index contributed by atoms with van der Waals surface area (Å²) in [6.45, 7) is 5.58. The largest absolute Gasteiger partial charge is 0.370 e. The molecule has 4 heteroatoms. The minimum Gasteiger partial charge on any atom is -0.370 e. The van der Waals surface area contributed by atoms with Gasteiger partial charge in [-0.05, 0) is 45.2 Å². The van der Waals surface area contributed by atoms with Crippen LogP contribution < -0.4 is 5.32 Å². The average Bonchev–Trinajstić information content (AvgIpc) is 3.14. The van der Waals surface area contributed by atoms with Gasteiger partial charge in [0.25, 0.3) is 0 Å². The quantitative estimate of drug-likeness (QED) is 0.819. The van der Waals surface area contributed by atoms with Crippen LogP contribution in [0, 0.1) is 12.8 Å². The highest BCUT2D eigenvalue weighted by Gasteiger charge is 2.34. The molecule has 1 atom stereocenters. The monoisotopic (exact) mass is 235 g/mol. The lowest BCUT2D eigenvalue weighted by Crippen LogP contribution is -2.15. The fourth-order valence-corrected chi connectivity index (χ4v) is 1.98. The first-order valence-electron chi connectivity index (χ1n) is 6.34. The lowest BCUT2D eigenvalue weighted by Gasteiger charge is -2.16. The zero-order valence-corrected chi connectivity index (χ0v) is 10.9. The van der Waals surface area contributed by atoms with Gasteiger partial charge >= 0.3 is 0 Å². The van der Waals surface area contributed by atoms with Crippen LogP contribution in [0.15, 0.2) is 6.20 Å². The van der Waals surface area contributed by atoms with Gasteiger partial charge in [0.05, 0.1) is 5.69 Å². The summed E-state index contributed by atoms with van der Waals surface area (Å²) in [7, 11) is 1.93. The zero-order valence-electron chi connectivity index (χ0n) is 10.9. The van der Waals surface area contributed by atoms with Crippen molar-refractivity contribution in [2.75, 3.05) is 13.7 Å². The standard InChI is InChI=1S/C13H21N3O/c1-4-17-12(10-5-6-10)13-15-7-9(2)11(16-13)8-14-3/h7,10,12,14H,4-6,8H2,1-3H3. The highest BCUT2D eigenvalue weighted by Crippen LogP contribution is 2.42. The van der Waals surface area contributed by atoms with Crippen molar-refractivity contribution in [2.24, 2.45) is 5.92 Å². The third kappa shape index (κ3) is 3.01. The van der Waals surface area contributed by atoms with Gasteiger partial charge in [-0.2, -0.15) is 0 Å². The van der Waals surface area contributed by atoms with E-state index in [1.165, 1.54) is 12.8 Å². The second kappa shape index (κ2) is 5.56. The summed E-state index contributed by atoms with van der Waals surface area (Å²) in [6, 6.07) is 0. The van der Waals surface area contributed by atoms with E-state index in [0.717, 1.165) is 30.2 Å². The van der Waals surface area contributed by atoms with Crippen molar-refractivity contribution in [3.8, 4) is 0 Å². The summed E-state index contributed by atoms with van der Waals surface area (Å²) in [4.78, 5) is 9.08. The first-order valence-corrected chi connectivity index (χ1v) is 6.34. The van der Waals surface area contributed by atoms with E-state index in [2.05, 4.69) is 15.3 Å². The van der Waals surface area contributed by atoms with Gasteiger partial charge in [-0.15, -0.1) is 0 Å². The molecule has 1 aliphatic carbocycles. The number of ether oxygens (including phenoxy) is 1. The molecule has 1 saturated carbocycles. The Morgan fingerprint density at radius 2 is 2.29 bits per heavy atom. The first-order chi connectivity index (χ1) is 8.26. The first kappa shape index (κ1) is 12.5. The van der Waals surface area contributed by atoms with Crippen molar-refractivity contribution in [3.63, 3.8) is 0 Å². The van der Waals surface area contributed by atoms with Crippen LogP contribution in [-0.4, -0.2) is 23.6 Å². The summed E-state index contributed by atoms with van der Waals surface area (Å²) < 4.78 is 5.78. The molecule has 0 spiro atoms. The predicted molar refractivity (Wildman–Crippen MR) is 66.6 cm³/mol. The molecule has 1 unspecified atom stereocenters. The lowest BCUT2D eigenvalue weighted by molar-refractivity contribution is 0.0398. The van der Waals surface area contributed by atoms with E-state index in [1.807, 2.05) is 27.1 Å². The van der Waals surface area contributed by atoms with Gasteiger partial charge in [-0.25, -0.2) is 9.97 Å². The van der Waals surface area contributed by atoms with Crippen molar-refractivity contribution in [2.45, 2.75) is 39.3 Å². The second-order valence-electron chi connectivity index (χ2n) is 4.60. The number of rotatable bonds is 6. The van der Waals surface area contributed by atoms with Crippen molar-refractivity contribution >= 4 is 0 Å². The van der Waals surface area contributed by atoms with Gasteiger partial charge < -0.3 is 10.1 Å². The molecule has 0 radical (unpaired) electrons. The molecule has 0 amide bonds. The Morgan fingerprint density at radius 1 is 1.53 bits per heavy atom. The van der Waals surface area contributed by atoms with Gasteiger partial charge in [0.2, 0.25) is 0 Å². The Bertz CT molecular complexity index is 377. The summed E-state index contributed by atoms with van der Waals surface area (Å²) >= 11 is 0. The summed E-state index contributed by atoms with van der Waals surface area (Å²) in [6.07, 6.45) is 4.48. The maximum Gasteiger partial charge on any atom is 0.157 e. The van der Waals surface area contributed by atoms with Crippen LogP contribution in [0.5, 0.6) is 0 Å². The zero-order chi connectivity index (χ0) is 12.3. The Hall–Kier alpha value is -1.00. The number of aryl methyl sites for hydroxylation is 1. The smallest absolute Gasteiger partial charge is 0.157 e. The molecule has 0 aromatic carbocycles. The van der Waals surface area contributed by atoms with Crippen LogP contribution in [-0.2, 0) is 11.3 Å². The molecule has 0 aliphatic heterocycles. The minimum absolute atomic E-state index is 0.0937. The highest BCUT2D eigenvalue weighted by molar-refractivity contribution is 5.17. The van der Waals surface area contributed by atoms with E-state index in [9.17, 15) is 0 Å². The molecule has 94 valence electrons.